The van der Waals surface area contributed by atoms with E-state index in [4.69, 9.17) is 12.2 Å². The Hall–Kier alpha value is -2.05. The van der Waals surface area contributed by atoms with E-state index in [0.29, 0.717) is 11.7 Å². The summed E-state index contributed by atoms with van der Waals surface area (Å²) in [6.07, 6.45) is 1.83. The first-order valence-corrected chi connectivity index (χ1v) is 8.15. The van der Waals surface area contributed by atoms with Gasteiger partial charge in [0.1, 0.15) is 0 Å². The van der Waals surface area contributed by atoms with Crippen LogP contribution in [0.1, 0.15) is 0 Å². The first-order chi connectivity index (χ1) is 10.8. The molecular weight excluding hydrogens is 312 g/mol. The highest BCUT2D eigenvalue weighted by atomic mass is 32.2. The summed E-state index contributed by atoms with van der Waals surface area (Å²) in [6, 6.07) is 16.8. The minimum absolute atomic E-state index is 0.506. The number of para-hydroxylation sites is 2. The number of nitrogens with one attached hydrogen (secondary N) is 2. The normalized spacial score (nSPS) is 12.7. The summed E-state index contributed by atoms with van der Waals surface area (Å²) in [5.74, 6) is 0. The van der Waals surface area contributed by atoms with Gasteiger partial charge in [-0.2, -0.15) is 5.10 Å². The van der Waals surface area contributed by atoms with Crippen molar-refractivity contribution in [1.82, 2.24) is 10.7 Å². The zero-order chi connectivity index (χ0) is 15.4. The van der Waals surface area contributed by atoms with Gasteiger partial charge in [0.25, 0.3) is 0 Å². The third-order valence-corrected chi connectivity index (χ3v) is 4.71. The lowest BCUT2D eigenvalue weighted by Crippen LogP contribution is -2.29. The molecule has 0 radical (unpaired) electrons. The molecule has 0 bridgehead atoms. The highest BCUT2D eigenvalue weighted by molar-refractivity contribution is 7.99. The molecule has 0 fully saturated rings. The van der Waals surface area contributed by atoms with Gasteiger partial charge < -0.3 is 10.2 Å². The number of anilines is 2. The second kappa shape index (κ2) is 6.81. The molecule has 0 atom stereocenters. The lowest BCUT2D eigenvalue weighted by Gasteiger charge is -2.31. The maximum absolute atomic E-state index is 5.00. The molecule has 0 saturated carbocycles. The number of fused-ring (bicyclic) bond motifs is 2. The van der Waals surface area contributed by atoms with Crippen LogP contribution in [0.4, 0.5) is 11.4 Å². The van der Waals surface area contributed by atoms with Gasteiger partial charge in [-0.1, -0.05) is 36.0 Å². The van der Waals surface area contributed by atoms with Gasteiger partial charge in [-0.05, 0) is 36.5 Å². The number of hydrogen-bond acceptors (Lipinski definition) is 4. The van der Waals surface area contributed by atoms with Crippen molar-refractivity contribution in [2.24, 2.45) is 5.10 Å². The molecule has 1 heterocycles. The van der Waals surface area contributed by atoms with Gasteiger partial charge in [0.2, 0.25) is 0 Å². The summed E-state index contributed by atoms with van der Waals surface area (Å²) in [6.45, 7) is 0.675. The summed E-state index contributed by atoms with van der Waals surface area (Å²) in [5, 5.41) is 7.49. The Morgan fingerprint density at radius 1 is 1.14 bits per heavy atom. The second-order valence-corrected chi connectivity index (χ2v) is 6.14. The molecule has 0 aliphatic carbocycles. The van der Waals surface area contributed by atoms with Gasteiger partial charge in [0.15, 0.2) is 5.11 Å². The monoisotopic (exact) mass is 328 g/mol. The van der Waals surface area contributed by atoms with Crippen molar-refractivity contribution in [3.05, 3.63) is 48.5 Å². The van der Waals surface area contributed by atoms with Crippen LogP contribution in [0.15, 0.2) is 63.4 Å². The SMILES string of the molecule is CNC(=S)N/N=C/CN1c2ccccc2Sc2ccccc21. The molecule has 0 amide bonds. The molecule has 22 heavy (non-hydrogen) atoms. The van der Waals surface area contributed by atoms with Crippen LogP contribution in [0.25, 0.3) is 0 Å². The summed E-state index contributed by atoms with van der Waals surface area (Å²) < 4.78 is 0. The van der Waals surface area contributed by atoms with Gasteiger partial charge in [-0.3, -0.25) is 5.43 Å². The van der Waals surface area contributed by atoms with Gasteiger partial charge in [0, 0.05) is 23.1 Å². The van der Waals surface area contributed by atoms with Crippen LogP contribution in [-0.2, 0) is 0 Å². The molecule has 1 aliphatic rings. The van der Waals surface area contributed by atoms with E-state index in [-0.39, 0.29) is 0 Å². The average molecular weight is 328 g/mol. The summed E-state index contributed by atoms with van der Waals surface area (Å²) in [4.78, 5) is 4.77. The van der Waals surface area contributed by atoms with Crippen molar-refractivity contribution < 1.29 is 0 Å². The Kier molecular flexibility index (Phi) is 4.60. The maximum Gasteiger partial charge on any atom is 0.186 e. The fraction of sp³-hybridized carbons (Fsp3) is 0.125. The van der Waals surface area contributed by atoms with Crippen LogP contribution < -0.4 is 15.6 Å². The van der Waals surface area contributed by atoms with E-state index in [1.807, 2.05) is 6.21 Å². The fourth-order valence-corrected chi connectivity index (χ4v) is 3.41. The quantitative estimate of drug-likeness (QED) is 0.513. The highest BCUT2D eigenvalue weighted by Crippen LogP contribution is 2.47. The van der Waals surface area contributed by atoms with E-state index in [9.17, 15) is 0 Å². The van der Waals surface area contributed by atoms with Gasteiger partial charge in [-0.25, -0.2) is 0 Å². The van der Waals surface area contributed by atoms with Crippen LogP contribution in [0.2, 0.25) is 0 Å². The molecule has 2 aromatic rings. The molecule has 0 aromatic heterocycles. The van der Waals surface area contributed by atoms with Crippen LogP contribution in [0.3, 0.4) is 0 Å². The Morgan fingerprint density at radius 3 is 2.32 bits per heavy atom. The third-order valence-electron chi connectivity index (χ3n) is 3.28. The van der Waals surface area contributed by atoms with E-state index >= 15 is 0 Å². The van der Waals surface area contributed by atoms with Crippen molar-refractivity contribution in [1.29, 1.82) is 0 Å². The second-order valence-electron chi connectivity index (χ2n) is 4.65. The first-order valence-electron chi connectivity index (χ1n) is 6.92. The molecule has 6 heteroatoms. The van der Waals surface area contributed by atoms with E-state index < -0.39 is 0 Å². The number of benzene rings is 2. The van der Waals surface area contributed by atoms with Gasteiger partial charge in [0.05, 0.1) is 17.9 Å². The minimum Gasteiger partial charge on any atom is -0.364 e. The fourth-order valence-electron chi connectivity index (χ4n) is 2.26. The first kappa shape index (κ1) is 14.9. The Balaban J connectivity index is 1.85. The van der Waals surface area contributed by atoms with Gasteiger partial charge >= 0.3 is 0 Å². The van der Waals surface area contributed by atoms with Crippen molar-refractivity contribution in [3.63, 3.8) is 0 Å². The molecular formula is C16H16N4S2. The average Bonchev–Trinajstić information content (AvgIpc) is 2.57. The van der Waals surface area contributed by atoms with Crippen molar-refractivity contribution >= 4 is 46.7 Å². The van der Waals surface area contributed by atoms with Crippen LogP contribution in [-0.4, -0.2) is 24.9 Å². The zero-order valence-electron chi connectivity index (χ0n) is 12.1. The standard InChI is InChI=1S/C16H16N4S2/c1-17-16(21)19-18-10-11-20-12-6-2-4-8-14(12)22-15-9-5-3-7-13(15)20/h2-10H,11H2,1H3,(H2,17,19,21)/b18-10+. The Bertz CT molecular complexity index is 669. The zero-order valence-corrected chi connectivity index (χ0v) is 13.7. The van der Waals surface area contributed by atoms with Crippen molar-refractivity contribution in [3.8, 4) is 0 Å². The number of hydrazone groups is 1. The number of thiocarbonyl (C=S) groups is 1. The summed E-state index contributed by atoms with van der Waals surface area (Å²) in [5.41, 5.74) is 5.18. The lowest BCUT2D eigenvalue weighted by molar-refractivity contribution is 0.969. The largest absolute Gasteiger partial charge is 0.364 e. The minimum atomic E-state index is 0.506. The summed E-state index contributed by atoms with van der Waals surface area (Å²) >= 11 is 6.80. The maximum atomic E-state index is 5.00. The number of hydrogen-bond donors (Lipinski definition) is 2. The Morgan fingerprint density at radius 2 is 1.73 bits per heavy atom. The van der Waals surface area contributed by atoms with E-state index in [1.165, 1.54) is 21.2 Å². The van der Waals surface area contributed by atoms with E-state index in [0.717, 1.165) is 0 Å². The number of nitrogens with zero attached hydrogens (tertiary/aromatic N) is 2. The van der Waals surface area contributed by atoms with Crippen molar-refractivity contribution in [2.75, 3.05) is 18.5 Å². The number of rotatable bonds is 3. The van der Waals surface area contributed by atoms with E-state index in [2.05, 4.69) is 69.3 Å². The molecule has 0 unspecified atom stereocenters. The molecule has 2 N–H and O–H groups in total. The van der Waals surface area contributed by atoms with Crippen molar-refractivity contribution in [2.45, 2.75) is 9.79 Å². The lowest BCUT2D eigenvalue weighted by atomic mass is 10.2. The van der Waals surface area contributed by atoms with Crippen LogP contribution in [0.5, 0.6) is 0 Å². The Labute approximate surface area is 139 Å². The smallest absolute Gasteiger partial charge is 0.186 e. The topological polar surface area (TPSA) is 39.7 Å². The van der Waals surface area contributed by atoms with Crippen LogP contribution >= 0.6 is 24.0 Å². The molecule has 4 nitrogen and oxygen atoms in total. The molecule has 0 saturated heterocycles. The molecule has 112 valence electrons. The highest BCUT2D eigenvalue weighted by Gasteiger charge is 2.21. The molecule has 1 aliphatic heterocycles. The molecule has 3 rings (SSSR count). The van der Waals surface area contributed by atoms with E-state index in [1.54, 1.807) is 18.8 Å². The van der Waals surface area contributed by atoms with Gasteiger partial charge in [-0.15, -0.1) is 0 Å². The molecule has 0 spiro atoms. The predicted octanol–water partition coefficient (Wildman–Crippen LogP) is 3.37. The third kappa shape index (κ3) is 3.08. The van der Waals surface area contributed by atoms with Crippen LogP contribution in [0, 0.1) is 0 Å². The predicted molar refractivity (Wildman–Crippen MR) is 97.3 cm³/mol. The summed E-state index contributed by atoms with van der Waals surface area (Å²) in [7, 11) is 1.76. The molecule has 2 aromatic carbocycles.